The van der Waals surface area contributed by atoms with Crippen molar-refractivity contribution < 1.29 is 9.53 Å². The molecule has 0 fully saturated rings. The third-order valence-electron chi connectivity index (χ3n) is 3.30. The first-order chi connectivity index (χ1) is 12.1. The number of amides is 1. The standard InChI is InChI=1S/C18H14Cl2N2O2S/c19-12-6-7-14(15(20)10-12)16-11-25-18(21-16)22-17(23)8-9-24-13-4-2-1-3-5-13/h1-7,10-11H,8-9H2,(H,21,22,23). The van der Waals surface area contributed by atoms with E-state index in [1.807, 2.05) is 35.7 Å². The smallest absolute Gasteiger partial charge is 0.229 e. The fourth-order valence-corrected chi connectivity index (χ4v) is 3.34. The molecule has 0 atom stereocenters. The molecule has 128 valence electrons. The van der Waals surface area contributed by atoms with Crippen molar-refractivity contribution in [3.8, 4) is 17.0 Å². The zero-order valence-electron chi connectivity index (χ0n) is 13.0. The molecule has 0 bridgehead atoms. The van der Waals surface area contributed by atoms with Gasteiger partial charge < -0.3 is 10.1 Å². The molecule has 25 heavy (non-hydrogen) atoms. The van der Waals surface area contributed by atoms with Crippen LogP contribution in [0.1, 0.15) is 6.42 Å². The number of thiazole rings is 1. The third-order valence-corrected chi connectivity index (χ3v) is 4.60. The second-order valence-electron chi connectivity index (χ2n) is 5.12. The second-order valence-corrected chi connectivity index (χ2v) is 6.82. The van der Waals surface area contributed by atoms with E-state index in [0.717, 1.165) is 11.3 Å². The predicted octanol–water partition coefficient (Wildman–Crippen LogP) is 5.52. The Kier molecular flexibility index (Phi) is 5.91. The van der Waals surface area contributed by atoms with Gasteiger partial charge in [0.05, 0.1) is 23.7 Å². The highest BCUT2D eigenvalue weighted by Gasteiger charge is 2.11. The van der Waals surface area contributed by atoms with E-state index < -0.39 is 0 Å². The Bertz CT molecular complexity index is 869. The molecule has 7 heteroatoms. The molecule has 4 nitrogen and oxygen atoms in total. The lowest BCUT2D eigenvalue weighted by Crippen LogP contribution is -2.15. The van der Waals surface area contributed by atoms with E-state index in [9.17, 15) is 4.79 Å². The van der Waals surface area contributed by atoms with Crippen molar-refractivity contribution in [3.63, 3.8) is 0 Å². The highest BCUT2D eigenvalue weighted by Crippen LogP contribution is 2.32. The number of hydrogen-bond acceptors (Lipinski definition) is 4. The summed E-state index contributed by atoms with van der Waals surface area (Å²) in [5.74, 6) is 0.586. The van der Waals surface area contributed by atoms with Gasteiger partial charge in [-0.15, -0.1) is 11.3 Å². The van der Waals surface area contributed by atoms with E-state index in [0.29, 0.717) is 27.5 Å². The summed E-state index contributed by atoms with van der Waals surface area (Å²) in [6, 6.07) is 14.6. The maximum Gasteiger partial charge on any atom is 0.229 e. The second kappa shape index (κ2) is 8.34. The van der Waals surface area contributed by atoms with E-state index in [1.165, 1.54) is 11.3 Å². The van der Waals surface area contributed by atoms with Crippen molar-refractivity contribution in [2.24, 2.45) is 0 Å². The van der Waals surface area contributed by atoms with Crippen molar-refractivity contribution >= 4 is 45.6 Å². The largest absolute Gasteiger partial charge is 0.493 e. The van der Waals surface area contributed by atoms with Crippen LogP contribution < -0.4 is 10.1 Å². The van der Waals surface area contributed by atoms with Gasteiger partial charge in [-0.1, -0.05) is 41.4 Å². The van der Waals surface area contributed by atoms with Crippen LogP contribution in [-0.4, -0.2) is 17.5 Å². The monoisotopic (exact) mass is 392 g/mol. The molecule has 0 saturated heterocycles. The zero-order chi connectivity index (χ0) is 17.6. The van der Waals surface area contributed by atoms with Crippen LogP contribution >= 0.6 is 34.5 Å². The number of anilines is 1. The normalized spacial score (nSPS) is 10.5. The summed E-state index contributed by atoms with van der Waals surface area (Å²) in [5.41, 5.74) is 1.47. The predicted molar refractivity (Wildman–Crippen MR) is 103 cm³/mol. The van der Waals surface area contributed by atoms with Gasteiger partial charge in [0.15, 0.2) is 5.13 Å². The fourth-order valence-electron chi connectivity index (χ4n) is 2.11. The first kappa shape index (κ1) is 17.7. The molecule has 0 aliphatic carbocycles. The van der Waals surface area contributed by atoms with Gasteiger partial charge >= 0.3 is 0 Å². The number of hydrogen-bond donors (Lipinski definition) is 1. The highest BCUT2D eigenvalue weighted by atomic mass is 35.5. The van der Waals surface area contributed by atoms with Crippen LogP contribution in [-0.2, 0) is 4.79 Å². The van der Waals surface area contributed by atoms with Gasteiger partial charge in [-0.25, -0.2) is 4.98 Å². The highest BCUT2D eigenvalue weighted by molar-refractivity contribution is 7.14. The van der Waals surface area contributed by atoms with E-state index in [-0.39, 0.29) is 12.3 Å². The van der Waals surface area contributed by atoms with E-state index in [1.54, 1.807) is 18.2 Å². The third kappa shape index (κ3) is 4.95. The molecule has 1 aromatic heterocycles. The molecule has 0 spiro atoms. The number of ether oxygens (including phenoxy) is 1. The van der Waals surface area contributed by atoms with Gasteiger partial charge in [-0.3, -0.25) is 4.79 Å². The topological polar surface area (TPSA) is 51.2 Å². The minimum absolute atomic E-state index is 0.154. The van der Waals surface area contributed by atoms with Crippen molar-refractivity contribution in [2.75, 3.05) is 11.9 Å². The minimum Gasteiger partial charge on any atom is -0.493 e. The van der Waals surface area contributed by atoms with Crippen molar-refractivity contribution in [2.45, 2.75) is 6.42 Å². The molecule has 1 N–H and O–H groups in total. The van der Waals surface area contributed by atoms with Crippen molar-refractivity contribution in [1.82, 2.24) is 4.98 Å². The van der Waals surface area contributed by atoms with Crippen LogP contribution in [0.4, 0.5) is 5.13 Å². The number of nitrogens with one attached hydrogen (secondary N) is 1. The van der Waals surface area contributed by atoms with Gasteiger partial charge in [0, 0.05) is 16.0 Å². The van der Waals surface area contributed by atoms with Crippen LogP contribution in [0.3, 0.4) is 0 Å². The molecular formula is C18H14Cl2N2O2S. The first-order valence-electron chi connectivity index (χ1n) is 7.50. The average molecular weight is 393 g/mol. The van der Waals surface area contributed by atoms with Gasteiger partial charge in [0.25, 0.3) is 0 Å². The summed E-state index contributed by atoms with van der Waals surface area (Å²) >= 11 is 13.4. The lowest BCUT2D eigenvalue weighted by atomic mass is 10.2. The Morgan fingerprint density at radius 3 is 2.72 bits per heavy atom. The molecule has 0 aliphatic rings. The fraction of sp³-hybridized carbons (Fsp3) is 0.111. The first-order valence-corrected chi connectivity index (χ1v) is 9.14. The van der Waals surface area contributed by atoms with Crippen LogP contribution in [0.25, 0.3) is 11.3 Å². The quantitative estimate of drug-likeness (QED) is 0.600. The van der Waals surface area contributed by atoms with Gasteiger partial charge in [0.1, 0.15) is 5.75 Å². The minimum atomic E-state index is -0.154. The van der Waals surface area contributed by atoms with Gasteiger partial charge in [0.2, 0.25) is 5.91 Å². The Morgan fingerprint density at radius 2 is 1.96 bits per heavy atom. The molecule has 1 amide bonds. The average Bonchev–Trinajstić information content (AvgIpc) is 3.04. The van der Waals surface area contributed by atoms with Crippen molar-refractivity contribution in [3.05, 3.63) is 64.0 Å². The molecule has 2 aromatic carbocycles. The maximum absolute atomic E-state index is 12.0. The Labute approximate surface area is 159 Å². The summed E-state index contributed by atoms with van der Waals surface area (Å²) in [4.78, 5) is 16.4. The molecule has 1 heterocycles. The van der Waals surface area contributed by atoms with Crippen LogP contribution in [0.2, 0.25) is 10.0 Å². The number of nitrogens with zero attached hydrogens (tertiary/aromatic N) is 1. The molecular weight excluding hydrogens is 379 g/mol. The van der Waals surface area contributed by atoms with Gasteiger partial charge in [-0.05, 0) is 30.3 Å². The number of carbonyl (C=O) groups is 1. The Hall–Kier alpha value is -2.08. The van der Waals surface area contributed by atoms with E-state index in [4.69, 9.17) is 27.9 Å². The molecule has 3 rings (SSSR count). The number of halogens is 2. The molecule has 0 aliphatic heterocycles. The summed E-state index contributed by atoms with van der Waals surface area (Å²) in [6.07, 6.45) is 0.242. The summed E-state index contributed by atoms with van der Waals surface area (Å²) < 4.78 is 5.51. The molecule has 0 radical (unpaired) electrons. The SMILES string of the molecule is O=C(CCOc1ccccc1)Nc1nc(-c2ccc(Cl)cc2Cl)cs1. The number of rotatable bonds is 6. The maximum atomic E-state index is 12.0. The van der Waals surface area contributed by atoms with E-state index >= 15 is 0 Å². The zero-order valence-corrected chi connectivity index (χ0v) is 15.4. The number of aromatic nitrogens is 1. The van der Waals surface area contributed by atoms with Crippen LogP contribution in [0, 0.1) is 0 Å². The van der Waals surface area contributed by atoms with E-state index in [2.05, 4.69) is 10.3 Å². The molecule has 0 saturated carbocycles. The lowest BCUT2D eigenvalue weighted by Gasteiger charge is -2.05. The Morgan fingerprint density at radius 1 is 1.16 bits per heavy atom. The Balaban J connectivity index is 1.55. The molecule has 3 aromatic rings. The number of para-hydroxylation sites is 1. The summed E-state index contributed by atoms with van der Waals surface area (Å²) in [6.45, 7) is 0.303. The summed E-state index contributed by atoms with van der Waals surface area (Å²) in [5, 5.41) is 6.21. The van der Waals surface area contributed by atoms with Crippen molar-refractivity contribution in [1.29, 1.82) is 0 Å². The summed E-state index contributed by atoms with van der Waals surface area (Å²) in [7, 11) is 0. The van der Waals surface area contributed by atoms with Gasteiger partial charge in [-0.2, -0.15) is 0 Å². The van der Waals surface area contributed by atoms with Crippen LogP contribution in [0.5, 0.6) is 5.75 Å². The molecule has 0 unspecified atom stereocenters. The number of benzene rings is 2. The lowest BCUT2D eigenvalue weighted by molar-refractivity contribution is -0.116. The van der Waals surface area contributed by atoms with Crippen LogP contribution in [0.15, 0.2) is 53.9 Å². The number of carbonyl (C=O) groups excluding carboxylic acids is 1.